The molecule has 13 nitrogen and oxygen atoms in total. The standard InChI is InChI=1S/C14H6Cl2F3N5O8/c1-4-9(15)6(21(25)26)3-8(23(29)30)11(4)20-12-7(22(27)28)2-5(14(17,18)19)10(16)13(12)24(31)32/h2-3,20H,1H3. The third kappa shape index (κ3) is 4.30. The zero-order chi connectivity index (χ0) is 24.7. The highest BCUT2D eigenvalue weighted by Crippen LogP contribution is 2.50. The van der Waals surface area contributed by atoms with Crippen LogP contribution >= 0.6 is 23.2 Å². The second-order valence-corrected chi connectivity index (χ2v) is 6.62. The maximum absolute atomic E-state index is 13.2. The van der Waals surface area contributed by atoms with Crippen LogP contribution in [0.4, 0.5) is 47.3 Å². The van der Waals surface area contributed by atoms with Gasteiger partial charge in [0.25, 0.3) is 11.4 Å². The molecule has 18 heteroatoms. The number of nitrogens with zero attached hydrogens (tertiary/aromatic N) is 4. The van der Waals surface area contributed by atoms with E-state index in [9.17, 15) is 53.6 Å². The number of benzene rings is 2. The van der Waals surface area contributed by atoms with Gasteiger partial charge >= 0.3 is 17.6 Å². The SMILES string of the molecule is Cc1c(Cl)c([N+](=O)[O-])cc([N+](=O)[O-])c1Nc1c([N+](=O)[O-])cc(C(F)(F)F)c(Cl)c1[N+](=O)[O-]. The molecule has 0 aliphatic rings. The second-order valence-electron chi connectivity index (χ2n) is 5.86. The van der Waals surface area contributed by atoms with Crippen LogP contribution in [-0.4, -0.2) is 19.7 Å². The summed E-state index contributed by atoms with van der Waals surface area (Å²) in [4.78, 5) is 40.2. The third-order valence-corrected chi connectivity index (χ3v) is 4.86. The van der Waals surface area contributed by atoms with Crippen molar-refractivity contribution in [1.29, 1.82) is 0 Å². The van der Waals surface area contributed by atoms with E-state index in [-0.39, 0.29) is 6.07 Å². The van der Waals surface area contributed by atoms with E-state index < -0.39 is 81.2 Å². The van der Waals surface area contributed by atoms with Crippen LogP contribution < -0.4 is 5.32 Å². The van der Waals surface area contributed by atoms with Gasteiger partial charge in [-0.2, -0.15) is 13.2 Å². The predicted octanol–water partition coefficient (Wildman–Crippen LogP) is 5.70. The molecular formula is C14H6Cl2F3N5O8. The number of nitro groups is 4. The van der Waals surface area contributed by atoms with Gasteiger partial charge in [0.05, 0.1) is 31.3 Å². The molecule has 170 valence electrons. The van der Waals surface area contributed by atoms with Crippen LogP contribution in [0.15, 0.2) is 12.1 Å². The van der Waals surface area contributed by atoms with E-state index in [0.717, 1.165) is 6.92 Å². The second kappa shape index (κ2) is 8.39. The van der Waals surface area contributed by atoms with Crippen LogP contribution in [0.5, 0.6) is 0 Å². The molecule has 2 aromatic rings. The highest BCUT2D eigenvalue weighted by Gasteiger charge is 2.43. The van der Waals surface area contributed by atoms with E-state index in [1.165, 1.54) is 0 Å². The first-order valence-corrected chi connectivity index (χ1v) is 8.46. The molecule has 0 amide bonds. The molecule has 1 N–H and O–H groups in total. The van der Waals surface area contributed by atoms with Gasteiger partial charge in [-0.05, 0) is 6.92 Å². The van der Waals surface area contributed by atoms with E-state index in [1.54, 1.807) is 0 Å². The van der Waals surface area contributed by atoms with Gasteiger partial charge in [-0.15, -0.1) is 0 Å². The van der Waals surface area contributed by atoms with Crippen molar-refractivity contribution in [2.45, 2.75) is 13.1 Å². The average Bonchev–Trinajstić information content (AvgIpc) is 2.63. The molecule has 0 saturated heterocycles. The molecule has 0 aromatic heterocycles. The van der Waals surface area contributed by atoms with E-state index in [2.05, 4.69) is 0 Å². The van der Waals surface area contributed by atoms with Gasteiger partial charge in [-0.1, -0.05) is 23.2 Å². The van der Waals surface area contributed by atoms with Crippen molar-refractivity contribution in [1.82, 2.24) is 0 Å². The Kier molecular flexibility index (Phi) is 6.42. The number of rotatable bonds is 6. The average molecular weight is 500 g/mol. The minimum Gasteiger partial charge on any atom is -0.338 e. The Balaban J connectivity index is 2.97. The van der Waals surface area contributed by atoms with Crippen LogP contribution in [0.25, 0.3) is 0 Å². The van der Waals surface area contributed by atoms with Crippen molar-refractivity contribution in [3.8, 4) is 0 Å². The van der Waals surface area contributed by atoms with Crippen molar-refractivity contribution in [3.05, 3.63) is 73.8 Å². The summed E-state index contributed by atoms with van der Waals surface area (Å²) in [7, 11) is 0. The first-order valence-electron chi connectivity index (χ1n) is 7.70. The lowest BCUT2D eigenvalue weighted by atomic mass is 10.1. The van der Waals surface area contributed by atoms with Crippen LogP contribution in [0.1, 0.15) is 11.1 Å². The van der Waals surface area contributed by atoms with Crippen molar-refractivity contribution < 1.29 is 32.9 Å². The molecule has 0 spiro atoms. The number of nitro benzene ring substituents is 4. The number of hydrogen-bond donors (Lipinski definition) is 1. The van der Waals surface area contributed by atoms with Crippen LogP contribution in [0.2, 0.25) is 10.0 Å². The lowest BCUT2D eigenvalue weighted by Gasteiger charge is -2.15. The molecule has 0 saturated carbocycles. The van der Waals surface area contributed by atoms with E-state index >= 15 is 0 Å². The van der Waals surface area contributed by atoms with Crippen molar-refractivity contribution >= 4 is 57.3 Å². The molecular weight excluding hydrogens is 494 g/mol. The summed E-state index contributed by atoms with van der Waals surface area (Å²) < 4.78 is 39.5. The quantitative estimate of drug-likeness (QED) is 0.384. The van der Waals surface area contributed by atoms with E-state index in [0.29, 0.717) is 6.07 Å². The van der Waals surface area contributed by atoms with Gasteiger partial charge in [-0.25, -0.2) is 0 Å². The highest BCUT2D eigenvalue weighted by atomic mass is 35.5. The first-order chi connectivity index (χ1) is 14.6. The van der Waals surface area contributed by atoms with E-state index in [1.807, 2.05) is 5.32 Å². The maximum Gasteiger partial charge on any atom is 0.418 e. The van der Waals surface area contributed by atoms with Crippen molar-refractivity contribution in [2.75, 3.05) is 5.32 Å². The van der Waals surface area contributed by atoms with Gasteiger partial charge in [-0.3, -0.25) is 40.5 Å². The summed E-state index contributed by atoms with van der Waals surface area (Å²) in [5.41, 5.74) is -9.42. The van der Waals surface area contributed by atoms with Crippen molar-refractivity contribution in [2.24, 2.45) is 0 Å². The molecule has 32 heavy (non-hydrogen) atoms. The molecule has 0 fully saturated rings. The Bertz CT molecular complexity index is 1200. The predicted molar refractivity (Wildman–Crippen MR) is 103 cm³/mol. The van der Waals surface area contributed by atoms with Crippen LogP contribution in [0.3, 0.4) is 0 Å². The van der Waals surface area contributed by atoms with Crippen LogP contribution in [0, 0.1) is 47.4 Å². The minimum absolute atomic E-state index is 0.0914. The molecule has 0 bridgehead atoms. The zero-order valence-electron chi connectivity index (χ0n) is 15.1. The number of nitrogens with one attached hydrogen (secondary N) is 1. The van der Waals surface area contributed by atoms with Gasteiger partial charge in [0.1, 0.15) is 15.7 Å². The molecule has 2 aromatic carbocycles. The Morgan fingerprint density at radius 2 is 1.25 bits per heavy atom. The van der Waals surface area contributed by atoms with Crippen molar-refractivity contribution in [3.63, 3.8) is 0 Å². The van der Waals surface area contributed by atoms with Gasteiger partial charge < -0.3 is 5.32 Å². The number of alkyl halides is 3. The van der Waals surface area contributed by atoms with Gasteiger partial charge in [0.2, 0.25) is 0 Å². The normalized spacial score (nSPS) is 11.2. The molecule has 0 atom stereocenters. The number of halogens is 5. The first kappa shape index (κ1) is 24.5. The molecule has 0 aliphatic heterocycles. The summed E-state index contributed by atoms with van der Waals surface area (Å²) in [6, 6.07) is 0.285. The number of hydrogen-bond acceptors (Lipinski definition) is 9. The highest BCUT2D eigenvalue weighted by molar-refractivity contribution is 6.35. The molecule has 2 rings (SSSR count). The summed E-state index contributed by atoms with van der Waals surface area (Å²) in [6.07, 6.45) is -5.32. The van der Waals surface area contributed by atoms with Crippen LogP contribution in [-0.2, 0) is 6.18 Å². The van der Waals surface area contributed by atoms with E-state index in [4.69, 9.17) is 23.2 Å². The monoisotopic (exact) mass is 499 g/mol. The Morgan fingerprint density at radius 1 is 0.781 bits per heavy atom. The fourth-order valence-electron chi connectivity index (χ4n) is 2.59. The van der Waals surface area contributed by atoms with Gasteiger partial charge in [0.15, 0.2) is 5.69 Å². The zero-order valence-corrected chi connectivity index (χ0v) is 16.6. The topological polar surface area (TPSA) is 185 Å². The number of anilines is 2. The summed E-state index contributed by atoms with van der Waals surface area (Å²) >= 11 is 11.3. The largest absolute Gasteiger partial charge is 0.418 e. The summed E-state index contributed by atoms with van der Waals surface area (Å²) in [5.74, 6) is 0. The Morgan fingerprint density at radius 3 is 1.66 bits per heavy atom. The maximum atomic E-state index is 13.2. The molecule has 0 heterocycles. The molecule has 0 unspecified atom stereocenters. The summed E-state index contributed by atoms with van der Waals surface area (Å²) in [5, 5.41) is 45.1. The summed E-state index contributed by atoms with van der Waals surface area (Å²) in [6.45, 7) is 1.01. The fraction of sp³-hybridized carbons (Fsp3) is 0.143. The fourth-order valence-corrected chi connectivity index (χ4v) is 3.14. The molecule has 0 radical (unpaired) electrons. The van der Waals surface area contributed by atoms with Gasteiger partial charge in [0, 0.05) is 11.6 Å². The lowest BCUT2D eigenvalue weighted by molar-refractivity contribution is -0.393. The minimum atomic E-state index is -5.32. The Labute approximate surface area is 182 Å². The Hall–Kier alpha value is -3.79. The smallest absolute Gasteiger partial charge is 0.338 e. The lowest BCUT2D eigenvalue weighted by Crippen LogP contribution is -2.12. The third-order valence-electron chi connectivity index (χ3n) is 4.01. The molecule has 0 aliphatic carbocycles.